The molecule has 0 aliphatic rings. The number of carbonyl (C=O) groups is 2. The summed E-state index contributed by atoms with van der Waals surface area (Å²) in [5.74, 6) is -0.517. The minimum absolute atomic E-state index is 0.0441. The third kappa shape index (κ3) is 8.24. The predicted molar refractivity (Wildman–Crippen MR) is 147 cm³/mol. The van der Waals surface area contributed by atoms with Crippen LogP contribution in [0.15, 0.2) is 89.8 Å². The minimum atomic E-state index is -3.55. The fraction of sp³-hybridized carbons (Fsp3) is 0.310. The van der Waals surface area contributed by atoms with Gasteiger partial charge in [-0.1, -0.05) is 79.7 Å². The number of rotatable bonds is 14. The van der Waals surface area contributed by atoms with Gasteiger partial charge in [0.25, 0.3) is 0 Å². The van der Waals surface area contributed by atoms with Crippen molar-refractivity contribution in [2.45, 2.75) is 43.7 Å². The Labute approximate surface area is 224 Å². The van der Waals surface area contributed by atoms with Crippen LogP contribution in [0.2, 0.25) is 0 Å². The average Bonchev–Trinajstić information content (AvgIpc) is 2.93. The maximum absolute atomic E-state index is 13.7. The van der Waals surface area contributed by atoms with E-state index in [2.05, 4.69) is 10.0 Å². The fourth-order valence-corrected chi connectivity index (χ4v) is 5.14. The molecule has 0 fully saturated rings. The summed E-state index contributed by atoms with van der Waals surface area (Å²) >= 11 is 0. The zero-order valence-electron chi connectivity index (χ0n) is 21.5. The molecule has 8 nitrogen and oxygen atoms in total. The van der Waals surface area contributed by atoms with Gasteiger partial charge in [0.1, 0.15) is 6.04 Å². The second-order valence-electron chi connectivity index (χ2n) is 8.83. The van der Waals surface area contributed by atoms with Crippen LogP contribution >= 0.6 is 0 Å². The summed E-state index contributed by atoms with van der Waals surface area (Å²) in [6.07, 6.45) is 0.943. The Morgan fingerprint density at radius 3 is 2.13 bits per heavy atom. The maximum Gasteiger partial charge on any atom is 0.247 e. The number of nitrogens with one attached hydrogen (secondary N) is 2. The number of nitrogens with zero attached hydrogens (tertiary/aromatic N) is 1. The summed E-state index contributed by atoms with van der Waals surface area (Å²) in [6, 6.07) is 24.3. The van der Waals surface area contributed by atoms with Gasteiger partial charge in [-0.3, -0.25) is 9.59 Å². The Balaban J connectivity index is 1.85. The molecule has 2 amide bonds. The standard InChI is InChI=1S/C29H35N3O5S/c1-2-31-38(36,37)26-17-14-23(15-18-26)16-19-27(34)32(22-24-10-5-3-6-11-24)28(25-12-7-4-8-13-25)29(35)30-20-9-21-33/h3-8,10-15,17-18,28,31,33H,2,9,16,19-22H2,1H3,(H,30,35)/t28-/m0/s1. The quantitative estimate of drug-likeness (QED) is 0.273. The van der Waals surface area contributed by atoms with Gasteiger partial charge in [0.15, 0.2) is 0 Å². The summed E-state index contributed by atoms with van der Waals surface area (Å²) < 4.78 is 26.9. The predicted octanol–water partition coefficient (Wildman–Crippen LogP) is 3.19. The van der Waals surface area contributed by atoms with Gasteiger partial charge in [-0.05, 0) is 41.7 Å². The molecule has 0 radical (unpaired) electrons. The SMILES string of the molecule is CCNS(=O)(=O)c1ccc(CCC(=O)N(Cc2ccccc2)[C@H](C(=O)NCCCO)c2ccccc2)cc1. The van der Waals surface area contributed by atoms with Crippen LogP contribution in [0.5, 0.6) is 0 Å². The number of carbonyl (C=O) groups excluding carboxylic acids is 2. The van der Waals surface area contributed by atoms with Crippen molar-refractivity contribution >= 4 is 21.8 Å². The maximum atomic E-state index is 13.7. The van der Waals surface area contributed by atoms with Gasteiger partial charge in [0, 0.05) is 32.7 Å². The van der Waals surface area contributed by atoms with E-state index in [1.165, 1.54) is 12.1 Å². The summed E-state index contributed by atoms with van der Waals surface area (Å²) in [7, 11) is -3.55. The zero-order chi connectivity index (χ0) is 27.4. The molecule has 3 rings (SSSR count). The molecule has 3 N–H and O–H groups in total. The van der Waals surface area contributed by atoms with Crippen LogP contribution in [-0.2, 0) is 32.6 Å². The molecule has 0 unspecified atom stereocenters. The molecule has 0 aliphatic carbocycles. The van der Waals surface area contributed by atoms with Crippen LogP contribution < -0.4 is 10.0 Å². The summed E-state index contributed by atoms with van der Waals surface area (Å²) in [5, 5.41) is 12.0. The minimum Gasteiger partial charge on any atom is -0.396 e. The normalized spacial score (nSPS) is 12.1. The van der Waals surface area contributed by atoms with E-state index in [1.54, 1.807) is 24.0 Å². The summed E-state index contributed by atoms with van der Waals surface area (Å²) in [4.78, 5) is 28.8. The first-order valence-electron chi connectivity index (χ1n) is 12.7. The number of aliphatic hydroxyl groups is 1. The van der Waals surface area contributed by atoms with Crippen molar-refractivity contribution in [2.75, 3.05) is 19.7 Å². The highest BCUT2D eigenvalue weighted by molar-refractivity contribution is 7.89. The van der Waals surface area contributed by atoms with E-state index in [1.807, 2.05) is 60.7 Å². The lowest BCUT2D eigenvalue weighted by atomic mass is 10.0. The van der Waals surface area contributed by atoms with Crippen LogP contribution in [0.4, 0.5) is 0 Å². The molecule has 0 saturated heterocycles. The number of aliphatic hydroxyl groups excluding tert-OH is 1. The molecule has 0 aliphatic heterocycles. The van der Waals surface area contributed by atoms with Crippen molar-refractivity contribution in [2.24, 2.45) is 0 Å². The van der Waals surface area contributed by atoms with Crippen LogP contribution in [0.1, 0.15) is 42.5 Å². The van der Waals surface area contributed by atoms with Crippen LogP contribution in [-0.4, -0.2) is 49.9 Å². The molecular formula is C29H35N3O5S. The van der Waals surface area contributed by atoms with Crippen molar-refractivity contribution in [1.82, 2.24) is 14.9 Å². The smallest absolute Gasteiger partial charge is 0.247 e. The Morgan fingerprint density at radius 1 is 0.895 bits per heavy atom. The zero-order valence-corrected chi connectivity index (χ0v) is 22.4. The number of hydrogen-bond donors (Lipinski definition) is 3. The molecule has 3 aromatic carbocycles. The lowest BCUT2D eigenvalue weighted by Crippen LogP contribution is -2.43. The first kappa shape index (κ1) is 29.0. The van der Waals surface area contributed by atoms with Crippen molar-refractivity contribution in [1.29, 1.82) is 0 Å². The van der Waals surface area contributed by atoms with E-state index in [4.69, 9.17) is 5.11 Å². The first-order valence-corrected chi connectivity index (χ1v) is 14.2. The Hall–Kier alpha value is -3.53. The van der Waals surface area contributed by atoms with Crippen LogP contribution in [0.25, 0.3) is 0 Å². The highest BCUT2D eigenvalue weighted by Crippen LogP contribution is 2.25. The van der Waals surface area contributed by atoms with E-state index in [0.717, 1.165) is 11.1 Å². The fourth-order valence-electron chi connectivity index (χ4n) is 4.10. The van der Waals surface area contributed by atoms with Gasteiger partial charge in [0.05, 0.1) is 4.90 Å². The van der Waals surface area contributed by atoms with Gasteiger partial charge in [-0.15, -0.1) is 0 Å². The molecule has 0 saturated carbocycles. The molecular weight excluding hydrogens is 502 g/mol. The van der Waals surface area contributed by atoms with E-state index < -0.39 is 16.1 Å². The first-order chi connectivity index (χ1) is 18.4. The second kappa shape index (κ2) is 14.4. The summed E-state index contributed by atoms with van der Waals surface area (Å²) in [5.41, 5.74) is 2.40. The monoisotopic (exact) mass is 537 g/mol. The van der Waals surface area contributed by atoms with Crippen LogP contribution in [0, 0.1) is 0 Å². The number of sulfonamides is 1. The number of hydrogen-bond acceptors (Lipinski definition) is 5. The lowest BCUT2D eigenvalue weighted by molar-refractivity contribution is -0.141. The highest BCUT2D eigenvalue weighted by atomic mass is 32.2. The van der Waals surface area contributed by atoms with Gasteiger partial charge in [0.2, 0.25) is 21.8 Å². The van der Waals surface area contributed by atoms with E-state index in [0.29, 0.717) is 31.5 Å². The third-order valence-corrected chi connectivity index (χ3v) is 7.58. The molecule has 1 atom stereocenters. The Morgan fingerprint density at radius 2 is 1.53 bits per heavy atom. The Bertz CT molecular complexity index is 1270. The van der Waals surface area contributed by atoms with Gasteiger partial charge in [-0.2, -0.15) is 0 Å². The van der Waals surface area contributed by atoms with Gasteiger partial charge < -0.3 is 15.3 Å². The molecule has 9 heteroatoms. The molecule has 0 heterocycles. The topological polar surface area (TPSA) is 116 Å². The molecule has 202 valence electrons. The second-order valence-corrected chi connectivity index (χ2v) is 10.6. The van der Waals surface area contributed by atoms with Crippen molar-refractivity contribution in [3.8, 4) is 0 Å². The Kier molecular flexibility index (Phi) is 11.0. The van der Waals surface area contributed by atoms with E-state index >= 15 is 0 Å². The molecule has 0 bridgehead atoms. The number of benzene rings is 3. The van der Waals surface area contributed by atoms with E-state index in [-0.39, 0.29) is 36.3 Å². The average molecular weight is 538 g/mol. The third-order valence-electron chi connectivity index (χ3n) is 6.02. The van der Waals surface area contributed by atoms with Gasteiger partial charge >= 0.3 is 0 Å². The molecule has 0 spiro atoms. The molecule has 38 heavy (non-hydrogen) atoms. The largest absolute Gasteiger partial charge is 0.396 e. The lowest BCUT2D eigenvalue weighted by Gasteiger charge is -2.32. The van der Waals surface area contributed by atoms with E-state index in [9.17, 15) is 18.0 Å². The molecule has 3 aromatic rings. The molecule has 0 aromatic heterocycles. The van der Waals surface area contributed by atoms with Gasteiger partial charge in [-0.25, -0.2) is 13.1 Å². The van der Waals surface area contributed by atoms with Crippen molar-refractivity contribution in [3.63, 3.8) is 0 Å². The highest BCUT2D eigenvalue weighted by Gasteiger charge is 2.31. The number of amides is 2. The van der Waals surface area contributed by atoms with Crippen LogP contribution in [0.3, 0.4) is 0 Å². The number of aryl methyl sites for hydroxylation is 1. The van der Waals surface area contributed by atoms with Crippen molar-refractivity contribution < 1.29 is 23.1 Å². The van der Waals surface area contributed by atoms with Crippen molar-refractivity contribution in [3.05, 3.63) is 102 Å². The summed E-state index contributed by atoms with van der Waals surface area (Å²) in [6.45, 7) is 2.51.